The highest BCUT2D eigenvalue weighted by atomic mass is 16.1. The number of aromatic nitrogens is 1. The van der Waals surface area contributed by atoms with Crippen LogP contribution in [0.4, 0.5) is 5.69 Å². The summed E-state index contributed by atoms with van der Waals surface area (Å²) in [6.07, 6.45) is 0.713. The second kappa shape index (κ2) is 4.85. The first kappa shape index (κ1) is 12.5. The summed E-state index contributed by atoms with van der Waals surface area (Å²) >= 11 is 0. The van der Waals surface area contributed by atoms with Crippen molar-refractivity contribution in [2.75, 3.05) is 5.73 Å². The molecule has 0 aliphatic rings. The van der Waals surface area contributed by atoms with E-state index >= 15 is 0 Å². The predicted molar refractivity (Wildman–Crippen MR) is 82.0 cm³/mol. The average molecular weight is 264 g/mol. The summed E-state index contributed by atoms with van der Waals surface area (Å²) in [7, 11) is 0. The molecule has 3 aromatic rings. The van der Waals surface area contributed by atoms with Crippen LogP contribution in [-0.2, 0) is 6.42 Å². The number of carbonyl (C=O) groups excluding carboxylic acids is 1. The highest BCUT2D eigenvalue weighted by Crippen LogP contribution is 2.26. The summed E-state index contributed by atoms with van der Waals surface area (Å²) in [4.78, 5) is 15.3. The lowest BCUT2D eigenvalue weighted by atomic mass is 10.0. The summed E-state index contributed by atoms with van der Waals surface area (Å²) in [6, 6.07) is 15.7. The van der Waals surface area contributed by atoms with Crippen molar-refractivity contribution >= 4 is 22.4 Å². The molecule has 0 aliphatic heterocycles. The number of hydrogen-bond donors (Lipinski definition) is 2. The Balaban J connectivity index is 2.15. The molecule has 0 amide bonds. The highest BCUT2D eigenvalue weighted by molar-refractivity contribution is 6.08. The van der Waals surface area contributed by atoms with Gasteiger partial charge in [-0.15, -0.1) is 0 Å². The number of fused-ring (bicyclic) bond motifs is 1. The fraction of sp³-hybridized carbons (Fsp3) is 0.118. The Labute approximate surface area is 117 Å². The molecule has 100 valence electrons. The van der Waals surface area contributed by atoms with Crippen LogP contribution in [0.2, 0.25) is 0 Å². The van der Waals surface area contributed by atoms with Crippen molar-refractivity contribution in [3.05, 3.63) is 65.4 Å². The van der Waals surface area contributed by atoms with Crippen LogP contribution < -0.4 is 5.73 Å². The minimum atomic E-state index is 0.0628. The number of ketones is 1. The molecule has 3 nitrogen and oxygen atoms in total. The summed E-state index contributed by atoms with van der Waals surface area (Å²) in [5, 5.41) is 0.906. The van der Waals surface area contributed by atoms with Gasteiger partial charge in [-0.25, -0.2) is 0 Å². The van der Waals surface area contributed by atoms with Gasteiger partial charge in [0.05, 0.1) is 0 Å². The fourth-order valence-electron chi connectivity index (χ4n) is 2.60. The topological polar surface area (TPSA) is 58.9 Å². The normalized spacial score (nSPS) is 10.8. The van der Waals surface area contributed by atoms with E-state index in [2.05, 4.69) is 17.1 Å². The molecule has 3 rings (SSSR count). The van der Waals surface area contributed by atoms with Gasteiger partial charge in [0, 0.05) is 34.3 Å². The van der Waals surface area contributed by atoms with Gasteiger partial charge in [-0.3, -0.25) is 4.79 Å². The number of hydrogen-bond acceptors (Lipinski definition) is 2. The molecule has 0 radical (unpaired) electrons. The SMILES string of the molecule is CC(=O)c1c(Cc2ccccc2)[nH]c2ccc(N)cc12. The standard InChI is InChI=1S/C17H16N2O/c1-11(20)17-14-10-13(18)7-8-15(14)19-16(17)9-12-5-3-2-4-6-12/h2-8,10,19H,9,18H2,1H3. The van der Waals surface area contributed by atoms with E-state index in [1.807, 2.05) is 36.4 Å². The van der Waals surface area contributed by atoms with Crippen LogP contribution in [0.5, 0.6) is 0 Å². The molecule has 2 aromatic carbocycles. The smallest absolute Gasteiger partial charge is 0.162 e. The third-order valence-corrected chi connectivity index (χ3v) is 3.48. The minimum absolute atomic E-state index is 0.0628. The van der Waals surface area contributed by atoms with Gasteiger partial charge in [-0.05, 0) is 30.7 Å². The van der Waals surface area contributed by atoms with E-state index in [1.165, 1.54) is 5.56 Å². The molecule has 0 atom stereocenters. The molecule has 3 N–H and O–H groups in total. The molecule has 20 heavy (non-hydrogen) atoms. The van der Waals surface area contributed by atoms with Crippen LogP contribution in [-0.4, -0.2) is 10.8 Å². The third-order valence-electron chi connectivity index (χ3n) is 3.48. The van der Waals surface area contributed by atoms with Gasteiger partial charge in [-0.2, -0.15) is 0 Å². The van der Waals surface area contributed by atoms with Crippen molar-refractivity contribution in [2.45, 2.75) is 13.3 Å². The Morgan fingerprint density at radius 3 is 2.60 bits per heavy atom. The second-order valence-electron chi connectivity index (χ2n) is 5.00. The average Bonchev–Trinajstić information content (AvgIpc) is 2.77. The van der Waals surface area contributed by atoms with Gasteiger partial charge >= 0.3 is 0 Å². The van der Waals surface area contributed by atoms with Gasteiger partial charge in [0.25, 0.3) is 0 Å². The van der Waals surface area contributed by atoms with Crippen LogP contribution >= 0.6 is 0 Å². The van der Waals surface area contributed by atoms with E-state index in [-0.39, 0.29) is 5.78 Å². The van der Waals surface area contributed by atoms with Crippen molar-refractivity contribution < 1.29 is 4.79 Å². The molecule has 0 spiro atoms. The monoisotopic (exact) mass is 264 g/mol. The Hall–Kier alpha value is -2.55. The zero-order valence-electron chi connectivity index (χ0n) is 11.3. The Bertz CT molecular complexity index is 772. The van der Waals surface area contributed by atoms with E-state index in [9.17, 15) is 4.79 Å². The zero-order valence-corrected chi connectivity index (χ0v) is 11.3. The van der Waals surface area contributed by atoms with Crippen molar-refractivity contribution in [3.8, 4) is 0 Å². The van der Waals surface area contributed by atoms with E-state index in [0.29, 0.717) is 12.1 Å². The number of nitrogens with two attached hydrogens (primary N) is 1. The fourth-order valence-corrected chi connectivity index (χ4v) is 2.60. The molecular formula is C17H16N2O. The van der Waals surface area contributed by atoms with Crippen molar-refractivity contribution in [1.82, 2.24) is 4.98 Å². The summed E-state index contributed by atoms with van der Waals surface area (Å²) in [5.74, 6) is 0.0628. The molecule has 0 saturated heterocycles. The second-order valence-corrected chi connectivity index (χ2v) is 5.00. The van der Waals surface area contributed by atoms with Gasteiger partial charge in [0.15, 0.2) is 5.78 Å². The number of Topliss-reactive ketones (excluding diaryl/α,β-unsaturated/α-hetero) is 1. The number of aromatic amines is 1. The number of rotatable bonds is 3. The van der Waals surface area contributed by atoms with Gasteiger partial charge in [0.2, 0.25) is 0 Å². The number of H-pyrrole nitrogens is 1. The molecule has 1 heterocycles. The molecule has 0 unspecified atom stereocenters. The summed E-state index contributed by atoms with van der Waals surface area (Å²) in [6.45, 7) is 1.60. The van der Waals surface area contributed by atoms with Crippen molar-refractivity contribution in [2.24, 2.45) is 0 Å². The lowest BCUT2D eigenvalue weighted by Gasteiger charge is -2.02. The summed E-state index contributed by atoms with van der Waals surface area (Å²) < 4.78 is 0. The molecule has 1 aromatic heterocycles. The summed E-state index contributed by atoms with van der Waals surface area (Å²) in [5.41, 5.74) is 10.3. The number of anilines is 1. The van der Waals surface area contributed by atoms with Crippen LogP contribution in [0, 0.1) is 0 Å². The largest absolute Gasteiger partial charge is 0.399 e. The van der Waals surface area contributed by atoms with Crippen LogP contribution in [0.25, 0.3) is 10.9 Å². The van der Waals surface area contributed by atoms with Gasteiger partial charge in [-0.1, -0.05) is 30.3 Å². The Morgan fingerprint density at radius 2 is 1.90 bits per heavy atom. The Morgan fingerprint density at radius 1 is 1.15 bits per heavy atom. The lowest BCUT2D eigenvalue weighted by molar-refractivity contribution is 0.101. The number of nitrogen functional groups attached to an aromatic ring is 1. The van der Waals surface area contributed by atoms with Gasteiger partial charge in [0.1, 0.15) is 0 Å². The Kier molecular flexibility index (Phi) is 3.03. The van der Waals surface area contributed by atoms with E-state index < -0.39 is 0 Å². The molecule has 0 saturated carbocycles. The van der Waals surface area contributed by atoms with E-state index in [0.717, 1.165) is 22.2 Å². The highest BCUT2D eigenvalue weighted by Gasteiger charge is 2.15. The van der Waals surface area contributed by atoms with Crippen LogP contribution in [0.1, 0.15) is 28.5 Å². The molecule has 3 heteroatoms. The maximum atomic E-state index is 12.0. The number of nitrogens with one attached hydrogen (secondary N) is 1. The lowest BCUT2D eigenvalue weighted by Crippen LogP contribution is -1.98. The molecule has 0 bridgehead atoms. The minimum Gasteiger partial charge on any atom is -0.399 e. The maximum Gasteiger partial charge on any atom is 0.162 e. The molecular weight excluding hydrogens is 248 g/mol. The third kappa shape index (κ3) is 2.18. The first-order valence-corrected chi connectivity index (χ1v) is 6.60. The van der Waals surface area contributed by atoms with E-state index in [4.69, 9.17) is 5.73 Å². The molecule has 0 aliphatic carbocycles. The van der Waals surface area contributed by atoms with Gasteiger partial charge < -0.3 is 10.7 Å². The zero-order chi connectivity index (χ0) is 14.1. The predicted octanol–water partition coefficient (Wildman–Crippen LogP) is 3.54. The van der Waals surface area contributed by atoms with Crippen LogP contribution in [0.15, 0.2) is 48.5 Å². The van der Waals surface area contributed by atoms with E-state index in [1.54, 1.807) is 6.92 Å². The number of carbonyl (C=O) groups is 1. The molecule has 0 fully saturated rings. The first-order valence-electron chi connectivity index (χ1n) is 6.60. The van der Waals surface area contributed by atoms with Crippen LogP contribution in [0.3, 0.4) is 0 Å². The first-order chi connectivity index (χ1) is 9.65. The van der Waals surface area contributed by atoms with Crippen molar-refractivity contribution in [1.29, 1.82) is 0 Å². The maximum absolute atomic E-state index is 12.0. The van der Waals surface area contributed by atoms with Crippen molar-refractivity contribution in [3.63, 3.8) is 0 Å². The number of benzene rings is 2. The quantitative estimate of drug-likeness (QED) is 0.561.